The van der Waals surface area contributed by atoms with Crippen molar-refractivity contribution in [1.29, 1.82) is 0 Å². The second kappa shape index (κ2) is 5.06. The number of carbonyl (C=O) groups excluding carboxylic acids is 1. The molecule has 2 fully saturated rings. The largest absolute Gasteiger partial charge is 0.336 e. The molecule has 2 aliphatic rings. The number of likely N-dealkylation sites (tertiary alicyclic amines) is 1. The third-order valence-electron chi connectivity index (χ3n) is 4.90. The SMILES string of the molecule is Cc1cc(C(=O)N2CC3CCC(C2)N3)c2cccc(C)c2n1. The fraction of sp³-hybridized carbons (Fsp3) is 0.444. The Balaban J connectivity index is 1.77. The van der Waals surface area contributed by atoms with Crippen LogP contribution in [0.25, 0.3) is 10.9 Å². The molecular weight excluding hydrogens is 274 g/mol. The number of hydrogen-bond acceptors (Lipinski definition) is 3. The Morgan fingerprint density at radius 3 is 2.68 bits per heavy atom. The van der Waals surface area contributed by atoms with Crippen molar-refractivity contribution in [1.82, 2.24) is 15.2 Å². The van der Waals surface area contributed by atoms with Gasteiger partial charge in [-0.1, -0.05) is 18.2 Å². The molecular formula is C18H21N3O. The summed E-state index contributed by atoms with van der Waals surface area (Å²) in [4.78, 5) is 19.7. The normalized spacial score (nSPS) is 24.0. The zero-order valence-corrected chi connectivity index (χ0v) is 13.1. The second-order valence-electron chi connectivity index (χ2n) is 6.63. The fourth-order valence-corrected chi connectivity index (χ4v) is 3.83. The quantitative estimate of drug-likeness (QED) is 0.879. The number of nitrogens with zero attached hydrogens (tertiary/aromatic N) is 2. The average Bonchev–Trinajstić information content (AvgIpc) is 2.85. The van der Waals surface area contributed by atoms with Crippen LogP contribution in [0, 0.1) is 13.8 Å². The number of nitrogens with one attached hydrogen (secondary N) is 1. The van der Waals surface area contributed by atoms with E-state index in [1.165, 1.54) is 12.8 Å². The molecule has 2 aromatic rings. The number of rotatable bonds is 1. The average molecular weight is 295 g/mol. The van der Waals surface area contributed by atoms with E-state index in [0.717, 1.165) is 40.8 Å². The van der Waals surface area contributed by atoms with E-state index in [-0.39, 0.29) is 5.91 Å². The zero-order valence-electron chi connectivity index (χ0n) is 13.1. The van der Waals surface area contributed by atoms with Crippen LogP contribution in [-0.4, -0.2) is 41.0 Å². The maximum Gasteiger partial charge on any atom is 0.254 e. The highest BCUT2D eigenvalue weighted by atomic mass is 16.2. The molecule has 2 aliphatic heterocycles. The number of benzene rings is 1. The van der Waals surface area contributed by atoms with Gasteiger partial charge in [0.05, 0.1) is 11.1 Å². The lowest BCUT2D eigenvalue weighted by atomic mass is 10.0. The van der Waals surface area contributed by atoms with Crippen molar-refractivity contribution in [2.75, 3.05) is 13.1 Å². The Morgan fingerprint density at radius 2 is 1.95 bits per heavy atom. The molecule has 1 N–H and O–H groups in total. The highest BCUT2D eigenvalue weighted by molar-refractivity contribution is 6.06. The van der Waals surface area contributed by atoms with E-state index in [0.29, 0.717) is 12.1 Å². The predicted octanol–water partition coefficient (Wildman–Crippen LogP) is 2.43. The van der Waals surface area contributed by atoms with Crippen LogP contribution in [0.3, 0.4) is 0 Å². The Morgan fingerprint density at radius 1 is 1.23 bits per heavy atom. The van der Waals surface area contributed by atoms with E-state index < -0.39 is 0 Å². The molecule has 2 bridgehead atoms. The Bertz CT molecular complexity index is 743. The highest BCUT2D eigenvalue weighted by Gasteiger charge is 2.35. The van der Waals surface area contributed by atoms with E-state index in [1.807, 2.05) is 43.0 Å². The van der Waals surface area contributed by atoms with E-state index in [2.05, 4.69) is 10.3 Å². The van der Waals surface area contributed by atoms with E-state index in [1.54, 1.807) is 0 Å². The van der Waals surface area contributed by atoms with Gasteiger partial charge in [-0.15, -0.1) is 0 Å². The van der Waals surface area contributed by atoms with Crippen LogP contribution in [-0.2, 0) is 0 Å². The molecule has 3 heterocycles. The van der Waals surface area contributed by atoms with Crippen LogP contribution in [0.1, 0.15) is 34.5 Å². The second-order valence-corrected chi connectivity index (χ2v) is 6.63. The summed E-state index contributed by atoms with van der Waals surface area (Å²) in [5.41, 5.74) is 3.77. The molecule has 2 unspecified atom stereocenters. The summed E-state index contributed by atoms with van der Waals surface area (Å²) < 4.78 is 0. The zero-order chi connectivity index (χ0) is 15.3. The summed E-state index contributed by atoms with van der Waals surface area (Å²) in [5.74, 6) is 0.152. The first-order valence-electron chi connectivity index (χ1n) is 8.04. The standard InChI is InChI=1S/C18H21N3O/c1-11-4-3-5-15-16(8-12(2)19-17(11)15)18(22)21-9-13-6-7-14(10-21)20-13/h3-5,8,13-14,20H,6-7,9-10H2,1-2H3. The summed E-state index contributed by atoms with van der Waals surface area (Å²) in [5, 5.41) is 4.55. The summed E-state index contributed by atoms with van der Waals surface area (Å²) in [7, 11) is 0. The maximum absolute atomic E-state index is 13.1. The molecule has 1 amide bonds. The van der Waals surface area contributed by atoms with Crippen LogP contribution in [0.5, 0.6) is 0 Å². The van der Waals surface area contributed by atoms with Gasteiger partial charge in [0.2, 0.25) is 0 Å². The Labute approximate surface area is 130 Å². The first kappa shape index (κ1) is 13.7. The van der Waals surface area contributed by atoms with Crippen molar-refractivity contribution in [2.24, 2.45) is 0 Å². The van der Waals surface area contributed by atoms with Crippen molar-refractivity contribution in [3.63, 3.8) is 0 Å². The molecule has 0 radical (unpaired) electrons. The topological polar surface area (TPSA) is 45.2 Å². The molecule has 1 aromatic heterocycles. The van der Waals surface area contributed by atoms with Gasteiger partial charge in [-0.2, -0.15) is 0 Å². The van der Waals surface area contributed by atoms with E-state index in [9.17, 15) is 4.79 Å². The lowest BCUT2D eigenvalue weighted by molar-refractivity contribution is 0.0699. The van der Waals surface area contributed by atoms with Crippen LogP contribution in [0.15, 0.2) is 24.3 Å². The molecule has 4 nitrogen and oxygen atoms in total. The van der Waals surface area contributed by atoms with Crippen LogP contribution in [0.2, 0.25) is 0 Å². The molecule has 4 heteroatoms. The first-order chi connectivity index (χ1) is 10.6. The number of amides is 1. The van der Waals surface area contributed by atoms with Crippen molar-refractivity contribution < 1.29 is 4.79 Å². The van der Waals surface area contributed by atoms with Gasteiger partial charge in [0.15, 0.2) is 0 Å². The molecule has 0 aliphatic carbocycles. The van der Waals surface area contributed by atoms with Crippen LogP contribution < -0.4 is 5.32 Å². The minimum absolute atomic E-state index is 0.152. The first-order valence-corrected chi connectivity index (χ1v) is 8.04. The number of para-hydroxylation sites is 1. The van der Waals surface area contributed by atoms with Crippen molar-refractivity contribution in [3.05, 3.63) is 41.1 Å². The van der Waals surface area contributed by atoms with Crippen LogP contribution in [0.4, 0.5) is 0 Å². The summed E-state index contributed by atoms with van der Waals surface area (Å²) in [6, 6.07) is 8.95. The third kappa shape index (κ3) is 2.18. The minimum atomic E-state index is 0.152. The number of fused-ring (bicyclic) bond motifs is 3. The molecule has 0 spiro atoms. The van der Waals surface area contributed by atoms with Gasteiger partial charge in [0, 0.05) is 36.3 Å². The lowest BCUT2D eigenvalue weighted by Gasteiger charge is -2.33. The van der Waals surface area contributed by atoms with Gasteiger partial charge in [0.1, 0.15) is 0 Å². The van der Waals surface area contributed by atoms with Crippen LogP contribution >= 0.6 is 0 Å². The molecule has 4 rings (SSSR count). The number of aryl methyl sites for hydroxylation is 2. The number of hydrogen-bond donors (Lipinski definition) is 1. The summed E-state index contributed by atoms with van der Waals surface area (Å²) >= 11 is 0. The molecule has 0 saturated carbocycles. The van der Waals surface area contributed by atoms with Crippen molar-refractivity contribution >= 4 is 16.8 Å². The monoisotopic (exact) mass is 295 g/mol. The minimum Gasteiger partial charge on any atom is -0.336 e. The van der Waals surface area contributed by atoms with E-state index in [4.69, 9.17) is 0 Å². The molecule has 2 saturated heterocycles. The Hall–Kier alpha value is -1.94. The van der Waals surface area contributed by atoms with Gasteiger partial charge in [-0.25, -0.2) is 0 Å². The fourth-order valence-electron chi connectivity index (χ4n) is 3.83. The summed E-state index contributed by atoms with van der Waals surface area (Å²) in [6.45, 7) is 5.66. The lowest BCUT2D eigenvalue weighted by Crippen LogP contribution is -2.53. The maximum atomic E-state index is 13.1. The van der Waals surface area contributed by atoms with Gasteiger partial charge in [-0.3, -0.25) is 9.78 Å². The van der Waals surface area contributed by atoms with Crippen molar-refractivity contribution in [2.45, 2.75) is 38.8 Å². The smallest absolute Gasteiger partial charge is 0.254 e. The highest BCUT2D eigenvalue weighted by Crippen LogP contribution is 2.26. The van der Waals surface area contributed by atoms with Gasteiger partial charge < -0.3 is 10.2 Å². The van der Waals surface area contributed by atoms with Gasteiger partial charge >= 0.3 is 0 Å². The van der Waals surface area contributed by atoms with Gasteiger partial charge in [0.25, 0.3) is 5.91 Å². The number of carbonyl (C=O) groups is 1. The number of piperazine rings is 1. The molecule has 114 valence electrons. The van der Waals surface area contributed by atoms with Gasteiger partial charge in [-0.05, 0) is 38.3 Å². The number of pyridine rings is 1. The van der Waals surface area contributed by atoms with E-state index >= 15 is 0 Å². The predicted molar refractivity (Wildman–Crippen MR) is 87.1 cm³/mol. The Kier molecular flexibility index (Phi) is 3.15. The molecule has 22 heavy (non-hydrogen) atoms. The third-order valence-corrected chi connectivity index (χ3v) is 4.90. The molecule has 2 atom stereocenters. The molecule has 1 aromatic carbocycles. The summed E-state index contributed by atoms with van der Waals surface area (Å²) in [6.07, 6.45) is 2.37. The van der Waals surface area contributed by atoms with Crippen molar-refractivity contribution in [3.8, 4) is 0 Å². The number of aromatic nitrogens is 1.